The Morgan fingerprint density at radius 1 is 1.12 bits per heavy atom. The number of fused-ring (bicyclic) bond motifs is 1. The number of benzene rings is 1. The van der Waals surface area contributed by atoms with Gasteiger partial charge in [-0.25, -0.2) is 9.78 Å². The molecule has 7 nitrogen and oxygen atoms in total. The molecule has 0 atom stereocenters. The summed E-state index contributed by atoms with van der Waals surface area (Å²) >= 11 is 0. The van der Waals surface area contributed by atoms with Crippen molar-refractivity contribution in [3.8, 4) is 11.5 Å². The number of nitrogens with zero attached hydrogens (tertiary/aromatic N) is 4. The highest BCUT2D eigenvalue weighted by Gasteiger charge is 2.17. The van der Waals surface area contributed by atoms with E-state index in [0.29, 0.717) is 22.9 Å². The maximum absolute atomic E-state index is 11.4. The SMILES string of the molecule is Cc1ccc2nc(-c3ccco3)c(N=Nc3ccccc3C(=O)O)n2c1. The summed E-state index contributed by atoms with van der Waals surface area (Å²) in [6, 6.07) is 13.9. The number of carboxylic acids is 1. The lowest BCUT2D eigenvalue weighted by molar-refractivity contribution is 0.0697. The van der Waals surface area contributed by atoms with Crippen molar-refractivity contribution in [2.75, 3.05) is 0 Å². The molecular formula is C19H14N4O3. The van der Waals surface area contributed by atoms with Crippen LogP contribution < -0.4 is 0 Å². The summed E-state index contributed by atoms with van der Waals surface area (Å²) in [5.41, 5.74) is 2.62. The molecule has 3 heterocycles. The third kappa shape index (κ3) is 2.75. The van der Waals surface area contributed by atoms with Gasteiger partial charge in [-0.1, -0.05) is 18.2 Å². The van der Waals surface area contributed by atoms with E-state index >= 15 is 0 Å². The van der Waals surface area contributed by atoms with Crippen molar-refractivity contribution in [1.29, 1.82) is 0 Å². The first-order valence-electron chi connectivity index (χ1n) is 7.90. The standard InChI is InChI=1S/C19H14N4O3/c1-12-8-9-16-20-17(15-7-4-10-26-15)18(23(16)11-12)22-21-14-6-3-2-5-13(14)19(24)25/h2-11H,1H3,(H,24,25). The molecule has 0 aliphatic heterocycles. The van der Waals surface area contributed by atoms with Crippen LogP contribution in [0.4, 0.5) is 11.5 Å². The highest BCUT2D eigenvalue weighted by Crippen LogP contribution is 2.33. The maximum Gasteiger partial charge on any atom is 0.337 e. The molecule has 0 fully saturated rings. The van der Waals surface area contributed by atoms with Crippen LogP contribution in [0.5, 0.6) is 0 Å². The quantitative estimate of drug-likeness (QED) is 0.525. The normalized spacial score (nSPS) is 11.4. The van der Waals surface area contributed by atoms with E-state index in [4.69, 9.17) is 4.42 Å². The maximum atomic E-state index is 11.4. The zero-order valence-electron chi connectivity index (χ0n) is 13.8. The number of carboxylic acid groups (broad SMARTS) is 1. The predicted octanol–water partition coefficient (Wildman–Crippen LogP) is 5.02. The summed E-state index contributed by atoms with van der Waals surface area (Å²) in [7, 11) is 0. The fourth-order valence-corrected chi connectivity index (χ4v) is 2.66. The third-order valence-corrected chi connectivity index (χ3v) is 3.88. The molecule has 0 unspecified atom stereocenters. The van der Waals surface area contributed by atoms with Crippen LogP contribution in [0.3, 0.4) is 0 Å². The zero-order valence-corrected chi connectivity index (χ0v) is 13.8. The van der Waals surface area contributed by atoms with E-state index in [1.807, 2.05) is 25.3 Å². The Hall–Kier alpha value is -3.74. The number of azo groups is 1. The second-order valence-corrected chi connectivity index (χ2v) is 5.72. The van der Waals surface area contributed by atoms with Crippen LogP contribution in [0.15, 0.2) is 75.6 Å². The molecule has 4 rings (SSSR count). The second-order valence-electron chi connectivity index (χ2n) is 5.72. The van der Waals surface area contributed by atoms with Crippen molar-refractivity contribution in [2.24, 2.45) is 10.2 Å². The van der Waals surface area contributed by atoms with Crippen molar-refractivity contribution in [3.63, 3.8) is 0 Å². The van der Waals surface area contributed by atoms with Gasteiger partial charge in [0.1, 0.15) is 11.3 Å². The average molecular weight is 346 g/mol. The molecule has 0 bridgehead atoms. The Balaban J connectivity index is 1.89. The fraction of sp³-hybridized carbons (Fsp3) is 0.0526. The van der Waals surface area contributed by atoms with E-state index in [9.17, 15) is 9.90 Å². The van der Waals surface area contributed by atoms with Gasteiger partial charge in [0.05, 0.1) is 11.8 Å². The van der Waals surface area contributed by atoms with Gasteiger partial charge < -0.3 is 9.52 Å². The number of furan rings is 1. The molecule has 0 aliphatic carbocycles. The first kappa shape index (κ1) is 15.8. The van der Waals surface area contributed by atoms with Crippen LogP contribution in [-0.2, 0) is 0 Å². The molecule has 0 aliphatic rings. The fourth-order valence-electron chi connectivity index (χ4n) is 2.66. The highest BCUT2D eigenvalue weighted by atomic mass is 16.4. The molecule has 1 N–H and O–H groups in total. The van der Waals surface area contributed by atoms with E-state index in [-0.39, 0.29) is 11.3 Å². The van der Waals surface area contributed by atoms with Crippen LogP contribution in [0.25, 0.3) is 17.1 Å². The van der Waals surface area contributed by atoms with Crippen molar-refractivity contribution in [2.45, 2.75) is 6.92 Å². The number of aryl methyl sites for hydroxylation is 1. The van der Waals surface area contributed by atoms with Crippen LogP contribution >= 0.6 is 0 Å². The van der Waals surface area contributed by atoms with Gasteiger partial charge in [-0.2, -0.15) is 0 Å². The minimum Gasteiger partial charge on any atom is -0.478 e. The van der Waals surface area contributed by atoms with Gasteiger partial charge in [0.25, 0.3) is 0 Å². The molecule has 7 heteroatoms. The number of pyridine rings is 1. The lowest BCUT2D eigenvalue weighted by Gasteiger charge is -2.00. The number of rotatable bonds is 4. The lowest BCUT2D eigenvalue weighted by atomic mass is 10.2. The molecule has 4 aromatic rings. The Kier molecular flexibility index (Phi) is 3.81. The summed E-state index contributed by atoms with van der Waals surface area (Å²) in [6.45, 7) is 1.96. The van der Waals surface area contributed by atoms with Crippen LogP contribution in [-0.4, -0.2) is 20.5 Å². The Morgan fingerprint density at radius 3 is 2.73 bits per heavy atom. The van der Waals surface area contributed by atoms with E-state index in [1.54, 1.807) is 41.0 Å². The van der Waals surface area contributed by atoms with Crippen molar-refractivity contribution in [1.82, 2.24) is 9.38 Å². The minimum absolute atomic E-state index is 0.0841. The molecule has 3 aromatic heterocycles. The smallest absolute Gasteiger partial charge is 0.337 e. The summed E-state index contributed by atoms with van der Waals surface area (Å²) in [4.78, 5) is 15.9. The molecule has 0 spiro atoms. The first-order valence-corrected chi connectivity index (χ1v) is 7.90. The second kappa shape index (κ2) is 6.29. The number of imidazole rings is 1. The topological polar surface area (TPSA) is 92.5 Å². The van der Waals surface area contributed by atoms with Crippen LogP contribution in [0.1, 0.15) is 15.9 Å². The number of aromatic nitrogens is 2. The van der Waals surface area contributed by atoms with E-state index in [0.717, 1.165) is 5.56 Å². The van der Waals surface area contributed by atoms with Gasteiger partial charge in [-0.3, -0.25) is 4.40 Å². The van der Waals surface area contributed by atoms with Crippen molar-refractivity contribution in [3.05, 3.63) is 72.1 Å². The molecule has 0 saturated heterocycles. The lowest BCUT2D eigenvalue weighted by Crippen LogP contribution is -1.95. The number of hydrogen-bond donors (Lipinski definition) is 1. The predicted molar refractivity (Wildman–Crippen MR) is 95.2 cm³/mol. The van der Waals surface area contributed by atoms with Crippen LogP contribution in [0.2, 0.25) is 0 Å². The van der Waals surface area contributed by atoms with E-state index in [1.165, 1.54) is 6.07 Å². The highest BCUT2D eigenvalue weighted by molar-refractivity contribution is 5.93. The van der Waals surface area contributed by atoms with E-state index in [2.05, 4.69) is 15.2 Å². The van der Waals surface area contributed by atoms with Crippen LogP contribution in [0, 0.1) is 6.92 Å². The molecule has 0 amide bonds. The van der Waals surface area contributed by atoms with E-state index < -0.39 is 5.97 Å². The Bertz CT molecular complexity index is 1130. The molecule has 0 saturated carbocycles. The van der Waals surface area contributed by atoms with Crippen molar-refractivity contribution < 1.29 is 14.3 Å². The molecule has 26 heavy (non-hydrogen) atoms. The molecule has 0 radical (unpaired) electrons. The van der Waals surface area contributed by atoms with Gasteiger partial charge in [0.15, 0.2) is 17.3 Å². The summed E-state index contributed by atoms with van der Waals surface area (Å²) in [5.74, 6) is -0.0227. The number of aromatic carboxylic acids is 1. The molecule has 128 valence electrons. The summed E-state index contributed by atoms with van der Waals surface area (Å²) < 4.78 is 7.27. The van der Waals surface area contributed by atoms with Gasteiger partial charge in [-0.05, 0) is 42.8 Å². The van der Waals surface area contributed by atoms with Crippen molar-refractivity contribution >= 4 is 23.1 Å². The Labute approximate surface area is 148 Å². The largest absolute Gasteiger partial charge is 0.478 e. The molecule has 1 aromatic carbocycles. The first-order chi connectivity index (χ1) is 12.6. The van der Waals surface area contributed by atoms with Gasteiger partial charge in [0.2, 0.25) is 0 Å². The summed E-state index contributed by atoms with van der Waals surface area (Å²) in [6.07, 6.45) is 3.46. The Morgan fingerprint density at radius 2 is 1.96 bits per heavy atom. The van der Waals surface area contributed by atoms with Gasteiger partial charge in [-0.15, -0.1) is 10.2 Å². The monoisotopic (exact) mass is 346 g/mol. The zero-order chi connectivity index (χ0) is 18.1. The average Bonchev–Trinajstić information content (AvgIpc) is 3.27. The summed E-state index contributed by atoms with van der Waals surface area (Å²) in [5, 5.41) is 17.8. The third-order valence-electron chi connectivity index (χ3n) is 3.88. The van der Waals surface area contributed by atoms with Gasteiger partial charge >= 0.3 is 5.97 Å². The number of hydrogen-bond acceptors (Lipinski definition) is 5. The number of carbonyl (C=O) groups is 1. The molecular weight excluding hydrogens is 332 g/mol. The minimum atomic E-state index is -1.06. The van der Waals surface area contributed by atoms with Gasteiger partial charge in [0, 0.05) is 6.20 Å².